The summed E-state index contributed by atoms with van der Waals surface area (Å²) in [7, 11) is -4.16. The molecule has 0 aromatic rings. The number of carbonyl (C=O) groups is 1. The third kappa shape index (κ3) is 6.43. The maximum atomic E-state index is 10.5. The van der Waals surface area contributed by atoms with E-state index in [1.165, 1.54) is 6.92 Å². The SMILES string of the molecule is C=CC(=O)OS(=O)(=O)OCC.[LiH]. The Morgan fingerprint density at radius 3 is 2.42 bits per heavy atom. The van der Waals surface area contributed by atoms with Crippen LogP contribution in [-0.4, -0.2) is 39.9 Å². The van der Waals surface area contributed by atoms with E-state index in [9.17, 15) is 13.2 Å². The van der Waals surface area contributed by atoms with Crippen molar-refractivity contribution in [2.75, 3.05) is 6.61 Å². The van der Waals surface area contributed by atoms with Crippen LogP contribution in [0.2, 0.25) is 0 Å². The van der Waals surface area contributed by atoms with E-state index in [1.54, 1.807) is 0 Å². The van der Waals surface area contributed by atoms with Crippen LogP contribution in [0.1, 0.15) is 6.92 Å². The van der Waals surface area contributed by atoms with Crippen LogP contribution in [0.3, 0.4) is 0 Å². The van der Waals surface area contributed by atoms with Gasteiger partial charge in [0.05, 0.1) is 6.61 Å². The zero-order valence-corrected chi connectivity index (χ0v) is 6.76. The van der Waals surface area contributed by atoms with E-state index < -0.39 is 16.4 Å². The summed E-state index contributed by atoms with van der Waals surface area (Å²) in [6.07, 6.45) is 0.733. The van der Waals surface area contributed by atoms with Gasteiger partial charge in [0.15, 0.2) is 0 Å². The zero-order valence-electron chi connectivity index (χ0n) is 5.94. The Hall–Kier alpha value is -0.283. The van der Waals surface area contributed by atoms with E-state index in [1.807, 2.05) is 0 Å². The first kappa shape index (κ1) is 14.3. The predicted octanol–water partition coefficient (Wildman–Crippen LogP) is -0.652. The Kier molecular flexibility index (Phi) is 7.43. The van der Waals surface area contributed by atoms with Gasteiger partial charge in [-0.15, -0.1) is 0 Å². The summed E-state index contributed by atoms with van der Waals surface area (Å²) in [5, 5.41) is 0. The monoisotopic (exact) mass is 188 g/mol. The van der Waals surface area contributed by atoms with E-state index in [4.69, 9.17) is 0 Å². The molecule has 0 amide bonds. The van der Waals surface area contributed by atoms with Crippen molar-refractivity contribution < 1.29 is 21.6 Å². The molecule has 0 aliphatic carbocycles. The fraction of sp³-hybridized carbons (Fsp3) is 0.400. The Labute approximate surface area is 83.2 Å². The Balaban J connectivity index is 0. The van der Waals surface area contributed by atoms with Crippen molar-refractivity contribution >= 4 is 35.2 Å². The standard InChI is InChI=1S/C5H8O5S.Li.H/c1-3-5(6)10-11(7,8)9-4-2;;/h3H,1,4H2,2H3;;. The van der Waals surface area contributed by atoms with Gasteiger partial charge in [0.2, 0.25) is 0 Å². The molecular weight excluding hydrogens is 179 g/mol. The third-order valence-corrected chi connectivity index (χ3v) is 1.51. The van der Waals surface area contributed by atoms with Gasteiger partial charge in [0.1, 0.15) is 0 Å². The average Bonchev–Trinajstić information content (AvgIpc) is 1.86. The number of rotatable bonds is 4. The summed E-state index contributed by atoms with van der Waals surface area (Å²) in [5.74, 6) is -1.06. The molecule has 0 bridgehead atoms. The molecule has 0 atom stereocenters. The molecule has 0 unspecified atom stereocenters. The molecule has 0 spiro atoms. The number of carbonyl (C=O) groups excluding carboxylic acids is 1. The normalized spacial score (nSPS) is 9.75. The molecule has 12 heavy (non-hydrogen) atoms. The average molecular weight is 188 g/mol. The van der Waals surface area contributed by atoms with E-state index in [2.05, 4.69) is 14.9 Å². The third-order valence-electron chi connectivity index (χ3n) is 0.613. The molecule has 5 nitrogen and oxygen atoms in total. The maximum absolute atomic E-state index is 10.5. The first-order valence-electron chi connectivity index (χ1n) is 2.77. The summed E-state index contributed by atoms with van der Waals surface area (Å²) >= 11 is 0. The van der Waals surface area contributed by atoms with Crippen LogP contribution in [-0.2, 0) is 23.6 Å². The van der Waals surface area contributed by atoms with Crippen molar-refractivity contribution in [1.29, 1.82) is 0 Å². The van der Waals surface area contributed by atoms with Gasteiger partial charge in [-0.3, -0.25) is 0 Å². The van der Waals surface area contributed by atoms with E-state index in [0.29, 0.717) is 0 Å². The van der Waals surface area contributed by atoms with Crippen molar-refractivity contribution in [3.05, 3.63) is 12.7 Å². The van der Waals surface area contributed by atoms with E-state index in [-0.39, 0.29) is 25.5 Å². The van der Waals surface area contributed by atoms with Crippen LogP contribution in [0, 0.1) is 0 Å². The van der Waals surface area contributed by atoms with Crippen molar-refractivity contribution in [3.63, 3.8) is 0 Å². The Morgan fingerprint density at radius 2 is 2.08 bits per heavy atom. The number of hydrogen-bond acceptors (Lipinski definition) is 5. The van der Waals surface area contributed by atoms with Gasteiger partial charge in [0, 0.05) is 6.08 Å². The molecule has 66 valence electrons. The van der Waals surface area contributed by atoms with Gasteiger partial charge in [-0.05, 0) is 6.92 Å². The van der Waals surface area contributed by atoms with Crippen molar-refractivity contribution in [2.24, 2.45) is 0 Å². The van der Waals surface area contributed by atoms with Gasteiger partial charge in [0.25, 0.3) is 0 Å². The molecular formula is C5H9LiO5S. The molecule has 0 fully saturated rings. The first-order chi connectivity index (χ1) is 5.02. The summed E-state index contributed by atoms with van der Waals surface area (Å²) in [4.78, 5) is 10.3. The minimum absolute atomic E-state index is 0. The van der Waals surface area contributed by atoms with Crippen LogP contribution in [0.15, 0.2) is 12.7 Å². The van der Waals surface area contributed by atoms with Crippen molar-refractivity contribution in [3.8, 4) is 0 Å². The van der Waals surface area contributed by atoms with Gasteiger partial charge in [-0.2, -0.15) is 8.42 Å². The molecule has 0 heterocycles. The van der Waals surface area contributed by atoms with Crippen LogP contribution >= 0.6 is 0 Å². The topological polar surface area (TPSA) is 69.7 Å². The first-order valence-corrected chi connectivity index (χ1v) is 4.10. The van der Waals surface area contributed by atoms with Crippen molar-refractivity contribution in [2.45, 2.75) is 6.92 Å². The summed E-state index contributed by atoms with van der Waals surface area (Å²) in [6, 6.07) is 0. The molecule has 0 aliphatic rings. The van der Waals surface area contributed by atoms with Crippen LogP contribution in [0.4, 0.5) is 0 Å². The molecule has 7 heteroatoms. The summed E-state index contributed by atoms with van der Waals surface area (Å²) in [6.45, 7) is 4.39. The second-order valence-corrected chi connectivity index (χ2v) is 2.64. The summed E-state index contributed by atoms with van der Waals surface area (Å²) in [5.41, 5.74) is 0. The molecule has 0 N–H and O–H groups in total. The molecule has 0 saturated heterocycles. The van der Waals surface area contributed by atoms with Gasteiger partial charge >= 0.3 is 35.2 Å². The second-order valence-electron chi connectivity index (χ2n) is 1.42. The molecule has 0 aliphatic heterocycles. The predicted molar refractivity (Wildman–Crippen MR) is 44.0 cm³/mol. The quantitative estimate of drug-likeness (QED) is 0.433. The Bertz CT molecular complexity index is 245. The molecule has 0 radical (unpaired) electrons. The van der Waals surface area contributed by atoms with Crippen molar-refractivity contribution in [1.82, 2.24) is 0 Å². The van der Waals surface area contributed by atoms with E-state index in [0.717, 1.165) is 6.08 Å². The Morgan fingerprint density at radius 1 is 1.58 bits per heavy atom. The van der Waals surface area contributed by atoms with E-state index >= 15 is 0 Å². The fourth-order valence-corrected chi connectivity index (χ4v) is 0.909. The minimum atomic E-state index is -4.16. The molecule has 0 aromatic carbocycles. The van der Waals surface area contributed by atoms with Crippen LogP contribution in [0.5, 0.6) is 0 Å². The van der Waals surface area contributed by atoms with Crippen LogP contribution in [0.25, 0.3) is 0 Å². The number of hydrogen-bond donors (Lipinski definition) is 0. The summed E-state index contributed by atoms with van der Waals surface area (Å²) < 4.78 is 28.9. The second kappa shape index (κ2) is 6.26. The zero-order chi connectivity index (χ0) is 8.91. The van der Waals surface area contributed by atoms with Gasteiger partial charge in [-0.1, -0.05) is 6.58 Å². The van der Waals surface area contributed by atoms with Crippen LogP contribution < -0.4 is 0 Å². The molecule has 0 rings (SSSR count). The molecule has 0 aromatic heterocycles. The fourth-order valence-electron chi connectivity index (χ4n) is 0.303. The molecule has 0 saturated carbocycles. The van der Waals surface area contributed by atoms with Gasteiger partial charge < -0.3 is 4.18 Å². The van der Waals surface area contributed by atoms with Gasteiger partial charge in [-0.25, -0.2) is 8.98 Å².